The lowest BCUT2D eigenvalue weighted by atomic mass is 10.1. The third-order valence-corrected chi connectivity index (χ3v) is 2.85. The molecular formula is C15H14N2O3. The molecule has 0 spiro atoms. The van der Waals surface area contributed by atoms with E-state index < -0.39 is 4.92 Å². The van der Waals surface area contributed by atoms with Gasteiger partial charge in [-0.05, 0) is 24.1 Å². The molecular weight excluding hydrogens is 256 g/mol. The molecule has 0 bridgehead atoms. The number of amides is 1. The summed E-state index contributed by atoms with van der Waals surface area (Å²) in [6, 6.07) is 15.5. The van der Waals surface area contributed by atoms with Crippen LogP contribution in [0.5, 0.6) is 0 Å². The van der Waals surface area contributed by atoms with Crippen LogP contribution in [-0.4, -0.2) is 10.8 Å². The summed E-state index contributed by atoms with van der Waals surface area (Å²) in [6.45, 7) is 0. The topological polar surface area (TPSA) is 72.2 Å². The lowest BCUT2D eigenvalue weighted by Crippen LogP contribution is -2.12. The first-order valence-corrected chi connectivity index (χ1v) is 6.23. The molecule has 2 aromatic carbocycles. The van der Waals surface area contributed by atoms with Crippen LogP contribution in [0.25, 0.3) is 0 Å². The van der Waals surface area contributed by atoms with Crippen molar-refractivity contribution >= 4 is 17.3 Å². The van der Waals surface area contributed by atoms with Gasteiger partial charge in [0.05, 0.1) is 4.92 Å². The SMILES string of the molecule is O=C(CCc1ccccc1)Nc1ccc([N+](=O)[O-])cc1. The van der Waals surface area contributed by atoms with Crippen molar-refractivity contribution in [2.45, 2.75) is 12.8 Å². The highest BCUT2D eigenvalue weighted by molar-refractivity contribution is 5.90. The molecule has 102 valence electrons. The number of non-ortho nitro benzene ring substituents is 1. The van der Waals surface area contributed by atoms with Crippen LogP contribution in [-0.2, 0) is 11.2 Å². The van der Waals surface area contributed by atoms with Crippen molar-refractivity contribution in [1.29, 1.82) is 0 Å². The Balaban J connectivity index is 1.86. The summed E-state index contributed by atoms with van der Waals surface area (Å²) in [7, 11) is 0. The van der Waals surface area contributed by atoms with Gasteiger partial charge in [0, 0.05) is 24.2 Å². The molecule has 0 saturated carbocycles. The Hall–Kier alpha value is -2.69. The molecule has 2 rings (SSSR count). The molecule has 0 aliphatic heterocycles. The van der Waals surface area contributed by atoms with E-state index in [2.05, 4.69) is 5.32 Å². The van der Waals surface area contributed by atoms with E-state index in [1.807, 2.05) is 30.3 Å². The number of hydrogen-bond acceptors (Lipinski definition) is 3. The van der Waals surface area contributed by atoms with Gasteiger partial charge in [-0.2, -0.15) is 0 Å². The zero-order chi connectivity index (χ0) is 14.4. The van der Waals surface area contributed by atoms with Gasteiger partial charge in [-0.1, -0.05) is 30.3 Å². The number of anilines is 1. The second-order valence-electron chi connectivity index (χ2n) is 4.34. The van der Waals surface area contributed by atoms with Crippen LogP contribution in [0.4, 0.5) is 11.4 Å². The molecule has 0 aromatic heterocycles. The Morgan fingerprint density at radius 2 is 1.70 bits per heavy atom. The van der Waals surface area contributed by atoms with E-state index in [1.54, 1.807) is 0 Å². The highest BCUT2D eigenvalue weighted by Gasteiger charge is 2.06. The van der Waals surface area contributed by atoms with E-state index in [0.717, 1.165) is 5.56 Å². The maximum atomic E-state index is 11.8. The summed E-state index contributed by atoms with van der Waals surface area (Å²) in [4.78, 5) is 21.8. The van der Waals surface area contributed by atoms with Crippen LogP contribution in [0.15, 0.2) is 54.6 Å². The number of hydrogen-bond donors (Lipinski definition) is 1. The molecule has 2 aromatic rings. The van der Waals surface area contributed by atoms with Gasteiger partial charge in [-0.15, -0.1) is 0 Å². The lowest BCUT2D eigenvalue weighted by Gasteiger charge is -2.05. The van der Waals surface area contributed by atoms with Crippen molar-refractivity contribution in [3.63, 3.8) is 0 Å². The first kappa shape index (κ1) is 13.7. The van der Waals surface area contributed by atoms with Crippen molar-refractivity contribution < 1.29 is 9.72 Å². The number of carbonyl (C=O) groups is 1. The number of rotatable bonds is 5. The molecule has 5 nitrogen and oxygen atoms in total. The van der Waals surface area contributed by atoms with Crippen molar-refractivity contribution in [1.82, 2.24) is 0 Å². The van der Waals surface area contributed by atoms with Gasteiger partial charge in [0.2, 0.25) is 5.91 Å². The summed E-state index contributed by atoms with van der Waals surface area (Å²) < 4.78 is 0. The van der Waals surface area contributed by atoms with Crippen LogP contribution in [0.3, 0.4) is 0 Å². The predicted octanol–water partition coefficient (Wildman–Crippen LogP) is 3.17. The molecule has 0 heterocycles. The smallest absolute Gasteiger partial charge is 0.269 e. The Bertz CT molecular complexity index is 594. The largest absolute Gasteiger partial charge is 0.326 e. The number of carbonyl (C=O) groups excluding carboxylic acids is 1. The summed E-state index contributed by atoms with van der Waals surface area (Å²) in [6.07, 6.45) is 1.04. The quantitative estimate of drug-likeness (QED) is 0.670. The van der Waals surface area contributed by atoms with Crippen molar-refractivity contribution in [2.24, 2.45) is 0 Å². The van der Waals surface area contributed by atoms with E-state index in [1.165, 1.54) is 24.3 Å². The first-order chi connectivity index (χ1) is 9.65. The molecule has 0 saturated heterocycles. The summed E-state index contributed by atoms with van der Waals surface area (Å²) in [5.41, 5.74) is 1.67. The van der Waals surface area contributed by atoms with E-state index in [4.69, 9.17) is 0 Å². The first-order valence-electron chi connectivity index (χ1n) is 6.23. The Morgan fingerprint density at radius 1 is 1.05 bits per heavy atom. The third kappa shape index (κ3) is 3.91. The fraction of sp³-hybridized carbons (Fsp3) is 0.133. The maximum absolute atomic E-state index is 11.8. The highest BCUT2D eigenvalue weighted by atomic mass is 16.6. The molecule has 0 atom stereocenters. The minimum atomic E-state index is -0.471. The van der Waals surface area contributed by atoms with Gasteiger partial charge in [-0.3, -0.25) is 14.9 Å². The Labute approximate surface area is 116 Å². The maximum Gasteiger partial charge on any atom is 0.269 e. The number of aryl methyl sites for hydroxylation is 1. The number of nitro groups is 1. The Morgan fingerprint density at radius 3 is 2.30 bits per heavy atom. The van der Waals surface area contributed by atoms with E-state index in [9.17, 15) is 14.9 Å². The third-order valence-electron chi connectivity index (χ3n) is 2.85. The molecule has 5 heteroatoms. The Kier molecular flexibility index (Phi) is 4.44. The van der Waals surface area contributed by atoms with Gasteiger partial charge in [0.15, 0.2) is 0 Å². The van der Waals surface area contributed by atoms with Crippen LogP contribution in [0.1, 0.15) is 12.0 Å². The van der Waals surface area contributed by atoms with Crippen LogP contribution in [0, 0.1) is 10.1 Å². The zero-order valence-electron chi connectivity index (χ0n) is 10.8. The normalized spacial score (nSPS) is 10.0. The second-order valence-corrected chi connectivity index (χ2v) is 4.34. The lowest BCUT2D eigenvalue weighted by molar-refractivity contribution is -0.384. The van der Waals surface area contributed by atoms with Gasteiger partial charge < -0.3 is 5.32 Å². The van der Waals surface area contributed by atoms with Crippen molar-refractivity contribution in [3.8, 4) is 0 Å². The number of benzene rings is 2. The molecule has 0 fully saturated rings. The molecule has 0 aliphatic rings. The second kappa shape index (κ2) is 6.47. The summed E-state index contributed by atoms with van der Waals surface area (Å²) in [5, 5.41) is 13.2. The monoisotopic (exact) mass is 270 g/mol. The molecule has 1 N–H and O–H groups in total. The van der Waals surface area contributed by atoms with Crippen LogP contribution >= 0.6 is 0 Å². The van der Waals surface area contributed by atoms with E-state index in [0.29, 0.717) is 18.5 Å². The fourth-order valence-electron chi connectivity index (χ4n) is 1.79. The number of nitrogens with zero attached hydrogens (tertiary/aromatic N) is 1. The summed E-state index contributed by atoms with van der Waals surface area (Å²) in [5.74, 6) is -0.109. The van der Waals surface area contributed by atoms with Gasteiger partial charge >= 0.3 is 0 Å². The molecule has 1 amide bonds. The number of nitrogens with one attached hydrogen (secondary N) is 1. The average molecular weight is 270 g/mol. The van der Waals surface area contributed by atoms with Gasteiger partial charge in [0.25, 0.3) is 5.69 Å². The molecule has 0 unspecified atom stereocenters. The van der Waals surface area contributed by atoms with Crippen LogP contribution in [0.2, 0.25) is 0 Å². The average Bonchev–Trinajstić information content (AvgIpc) is 2.47. The molecule has 0 aliphatic carbocycles. The highest BCUT2D eigenvalue weighted by Crippen LogP contribution is 2.15. The van der Waals surface area contributed by atoms with E-state index >= 15 is 0 Å². The van der Waals surface area contributed by atoms with E-state index in [-0.39, 0.29) is 11.6 Å². The zero-order valence-corrected chi connectivity index (χ0v) is 10.8. The molecule has 0 radical (unpaired) electrons. The fourth-order valence-corrected chi connectivity index (χ4v) is 1.79. The van der Waals surface area contributed by atoms with Crippen LogP contribution < -0.4 is 5.32 Å². The van der Waals surface area contributed by atoms with Gasteiger partial charge in [-0.25, -0.2) is 0 Å². The predicted molar refractivity (Wildman–Crippen MR) is 76.5 cm³/mol. The number of nitro benzene ring substituents is 1. The van der Waals surface area contributed by atoms with Crippen molar-refractivity contribution in [2.75, 3.05) is 5.32 Å². The van der Waals surface area contributed by atoms with Crippen molar-refractivity contribution in [3.05, 3.63) is 70.3 Å². The summed E-state index contributed by atoms with van der Waals surface area (Å²) >= 11 is 0. The minimum Gasteiger partial charge on any atom is -0.326 e. The minimum absolute atomic E-state index is 0.00674. The molecule has 20 heavy (non-hydrogen) atoms. The van der Waals surface area contributed by atoms with Gasteiger partial charge in [0.1, 0.15) is 0 Å². The standard InChI is InChI=1S/C15H14N2O3/c18-15(11-6-12-4-2-1-3-5-12)16-13-7-9-14(10-8-13)17(19)20/h1-5,7-10H,6,11H2,(H,16,18).